The Hall–Kier alpha value is -2.37. The number of nitrogens with zero attached hydrogens (tertiary/aromatic N) is 2. The third kappa shape index (κ3) is 3.31. The summed E-state index contributed by atoms with van der Waals surface area (Å²) in [5.41, 5.74) is 4.47. The minimum Gasteiger partial charge on any atom is -0.502 e. The summed E-state index contributed by atoms with van der Waals surface area (Å²) in [5, 5.41) is 29.1. The number of nitrogens with two attached hydrogens (primary N) is 1. The van der Waals surface area contributed by atoms with E-state index in [9.17, 15) is 20.0 Å². The molecule has 19 heavy (non-hydrogen) atoms. The second kappa shape index (κ2) is 6.53. The molecule has 0 aliphatic rings. The van der Waals surface area contributed by atoms with E-state index in [-0.39, 0.29) is 23.5 Å². The lowest BCUT2D eigenvalue weighted by Gasteiger charge is -2.11. The largest absolute Gasteiger partial charge is 0.502 e. The summed E-state index contributed by atoms with van der Waals surface area (Å²) >= 11 is 0. The molecule has 0 saturated heterocycles. The van der Waals surface area contributed by atoms with E-state index in [0.717, 1.165) is 19.2 Å². The number of aromatic hydroxyl groups is 1. The van der Waals surface area contributed by atoms with Crippen LogP contribution in [0.1, 0.15) is 17.2 Å². The molecule has 0 aliphatic heterocycles. The lowest BCUT2D eigenvalue weighted by molar-refractivity contribution is -0.386. The highest BCUT2D eigenvalue weighted by molar-refractivity contribution is 5.85. The highest BCUT2D eigenvalue weighted by Gasteiger charge is 2.26. The van der Waals surface area contributed by atoms with E-state index < -0.39 is 28.4 Å². The Morgan fingerprint density at radius 2 is 2.21 bits per heavy atom. The van der Waals surface area contributed by atoms with Crippen molar-refractivity contribution < 1.29 is 19.6 Å². The molecule has 0 unspecified atom stereocenters. The van der Waals surface area contributed by atoms with Crippen LogP contribution >= 0.6 is 12.4 Å². The number of hydrogen-bond acceptors (Lipinski definition) is 7. The molecular weight excluding hydrogens is 278 g/mol. The van der Waals surface area contributed by atoms with Crippen LogP contribution in [0.3, 0.4) is 0 Å². The molecular formula is C10H10ClN3O5. The standard InChI is InChI=1S/C10H9N3O5.ClH/c1-18-10(15)8(12)6-2-5(4-11)3-7(9(6)14)13(16)17;/h2-3,8,14H,12H2,1H3;1H/t8-;/m0./s1. The Labute approximate surface area is 113 Å². The van der Waals surface area contributed by atoms with Gasteiger partial charge in [0.15, 0.2) is 5.75 Å². The number of methoxy groups -OCH3 is 1. The minimum absolute atomic E-state index is 0. The summed E-state index contributed by atoms with van der Waals surface area (Å²) in [4.78, 5) is 21.0. The fraction of sp³-hybridized carbons (Fsp3) is 0.200. The van der Waals surface area contributed by atoms with E-state index >= 15 is 0 Å². The van der Waals surface area contributed by atoms with Gasteiger partial charge in [-0.25, -0.2) is 0 Å². The van der Waals surface area contributed by atoms with Crippen LogP contribution in [0.15, 0.2) is 12.1 Å². The topological polar surface area (TPSA) is 139 Å². The number of nitro benzene ring substituents is 1. The number of carbonyl (C=O) groups excluding carboxylic acids is 1. The van der Waals surface area contributed by atoms with Gasteiger partial charge in [0.25, 0.3) is 0 Å². The summed E-state index contributed by atoms with van der Waals surface area (Å²) in [6, 6.07) is 2.27. The summed E-state index contributed by atoms with van der Waals surface area (Å²) < 4.78 is 4.37. The first-order chi connectivity index (χ1) is 8.42. The van der Waals surface area contributed by atoms with Crippen molar-refractivity contribution in [3.8, 4) is 11.8 Å². The average molecular weight is 288 g/mol. The molecule has 3 N–H and O–H groups in total. The minimum atomic E-state index is -1.40. The number of benzene rings is 1. The number of ether oxygens (including phenoxy) is 1. The molecule has 1 rings (SSSR count). The van der Waals surface area contributed by atoms with E-state index in [0.29, 0.717) is 0 Å². The summed E-state index contributed by atoms with van der Waals surface area (Å²) in [7, 11) is 1.09. The van der Waals surface area contributed by atoms with Gasteiger partial charge in [0.05, 0.1) is 23.7 Å². The number of rotatable bonds is 3. The Kier molecular flexibility index (Phi) is 5.72. The number of phenolic OH excluding ortho intramolecular Hbond substituents is 1. The van der Waals surface area contributed by atoms with Gasteiger partial charge < -0.3 is 15.6 Å². The van der Waals surface area contributed by atoms with Crippen LogP contribution in [-0.2, 0) is 9.53 Å². The average Bonchev–Trinajstić information content (AvgIpc) is 2.36. The molecule has 8 nitrogen and oxygen atoms in total. The fourth-order valence-electron chi connectivity index (χ4n) is 1.34. The lowest BCUT2D eigenvalue weighted by Crippen LogP contribution is -2.23. The number of halogens is 1. The summed E-state index contributed by atoms with van der Waals surface area (Å²) in [6.45, 7) is 0. The van der Waals surface area contributed by atoms with Crippen molar-refractivity contribution in [2.75, 3.05) is 7.11 Å². The number of esters is 1. The first-order valence-corrected chi connectivity index (χ1v) is 4.67. The molecule has 1 aromatic rings. The highest BCUT2D eigenvalue weighted by Crippen LogP contribution is 2.34. The monoisotopic (exact) mass is 287 g/mol. The normalized spacial score (nSPS) is 10.8. The summed E-state index contributed by atoms with van der Waals surface area (Å²) in [6.07, 6.45) is 0. The van der Waals surface area contributed by atoms with E-state index in [2.05, 4.69) is 4.74 Å². The molecule has 9 heteroatoms. The molecule has 0 radical (unpaired) electrons. The second-order valence-electron chi connectivity index (χ2n) is 3.30. The van der Waals surface area contributed by atoms with Crippen molar-refractivity contribution in [1.82, 2.24) is 0 Å². The van der Waals surface area contributed by atoms with Crippen LogP contribution in [0.4, 0.5) is 5.69 Å². The lowest BCUT2D eigenvalue weighted by atomic mass is 10.0. The van der Waals surface area contributed by atoms with Crippen molar-refractivity contribution in [2.24, 2.45) is 5.73 Å². The molecule has 0 amide bonds. The molecule has 0 heterocycles. The predicted octanol–water partition coefficient (Wildman–Crippen LogP) is 0.767. The number of nitro groups is 1. The van der Waals surface area contributed by atoms with Gasteiger partial charge in [-0.1, -0.05) is 0 Å². The Morgan fingerprint density at radius 1 is 1.63 bits per heavy atom. The molecule has 0 saturated carbocycles. The van der Waals surface area contributed by atoms with Gasteiger partial charge in [0.2, 0.25) is 0 Å². The third-order valence-electron chi connectivity index (χ3n) is 2.24. The predicted molar refractivity (Wildman–Crippen MR) is 65.7 cm³/mol. The highest BCUT2D eigenvalue weighted by atomic mass is 35.5. The fourth-order valence-corrected chi connectivity index (χ4v) is 1.34. The van der Waals surface area contributed by atoms with Crippen molar-refractivity contribution in [1.29, 1.82) is 5.26 Å². The van der Waals surface area contributed by atoms with Crippen LogP contribution in [0.5, 0.6) is 5.75 Å². The molecule has 0 spiro atoms. The van der Waals surface area contributed by atoms with E-state index in [1.54, 1.807) is 6.07 Å². The van der Waals surface area contributed by atoms with Gasteiger partial charge in [-0.15, -0.1) is 12.4 Å². The number of phenols is 1. The zero-order chi connectivity index (χ0) is 13.9. The Bertz CT molecular complexity index is 555. The smallest absolute Gasteiger partial charge is 0.327 e. The van der Waals surface area contributed by atoms with Crippen molar-refractivity contribution in [2.45, 2.75) is 6.04 Å². The molecule has 102 valence electrons. The Balaban J connectivity index is 0.00000324. The Morgan fingerprint density at radius 3 is 2.63 bits per heavy atom. The van der Waals surface area contributed by atoms with Crippen LogP contribution in [-0.4, -0.2) is 23.1 Å². The van der Waals surface area contributed by atoms with Gasteiger partial charge >= 0.3 is 11.7 Å². The van der Waals surface area contributed by atoms with Crippen molar-refractivity contribution >= 4 is 24.1 Å². The molecule has 0 aromatic heterocycles. The molecule has 0 fully saturated rings. The zero-order valence-electron chi connectivity index (χ0n) is 9.69. The number of carbonyl (C=O) groups is 1. The SMILES string of the molecule is COC(=O)[C@@H](N)c1cc(C#N)cc([N+](=O)[O-])c1O.Cl. The van der Waals surface area contributed by atoms with E-state index in [4.69, 9.17) is 11.0 Å². The van der Waals surface area contributed by atoms with Crippen LogP contribution in [0, 0.1) is 21.4 Å². The van der Waals surface area contributed by atoms with Gasteiger partial charge in [0.1, 0.15) is 6.04 Å². The van der Waals surface area contributed by atoms with E-state index in [1.807, 2.05) is 0 Å². The van der Waals surface area contributed by atoms with Gasteiger partial charge in [-0.05, 0) is 6.07 Å². The van der Waals surface area contributed by atoms with Crippen molar-refractivity contribution in [3.63, 3.8) is 0 Å². The number of nitriles is 1. The maximum atomic E-state index is 11.2. The van der Waals surface area contributed by atoms with Crippen LogP contribution in [0.2, 0.25) is 0 Å². The molecule has 1 atom stereocenters. The van der Waals surface area contributed by atoms with E-state index in [1.165, 1.54) is 0 Å². The second-order valence-corrected chi connectivity index (χ2v) is 3.30. The third-order valence-corrected chi connectivity index (χ3v) is 2.24. The molecule has 0 bridgehead atoms. The number of hydrogen-bond donors (Lipinski definition) is 2. The zero-order valence-corrected chi connectivity index (χ0v) is 10.5. The quantitative estimate of drug-likeness (QED) is 0.475. The van der Waals surface area contributed by atoms with Gasteiger partial charge in [-0.2, -0.15) is 5.26 Å². The molecule has 1 aromatic carbocycles. The maximum absolute atomic E-state index is 11.2. The maximum Gasteiger partial charge on any atom is 0.327 e. The van der Waals surface area contributed by atoms with Crippen molar-refractivity contribution in [3.05, 3.63) is 33.4 Å². The summed E-state index contributed by atoms with van der Waals surface area (Å²) in [5.74, 6) is -1.63. The van der Waals surface area contributed by atoms with Gasteiger partial charge in [0, 0.05) is 11.6 Å². The van der Waals surface area contributed by atoms with Crippen LogP contribution in [0.25, 0.3) is 0 Å². The molecule has 0 aliphatic carbocycles. The first-order valence-electron chi connectivity index (χ1n) is 4.67. The van der Waals surface area contributed by atoms with Crippen LogP contribution < -0.4 is 5.73 Å². The first kappa shape index (κ1) is 16.6. The van der Waals surface area contributed by atoms with Gasteiger partial charge in [-0.3, -0.25) is 14.9 Å².